The normalized spacial score (nSPS) is 11.4. The Hall–Kier alpha value is -2.42. The minimum absolute atomic E-state index is 0.0500. The van der Waals surface area contributed by atoms with E-state index in [1.807, 2.05) is 23.5 Å². The fourth-order valence-electron chi connectivity index (χ4n) is 3.72. The first kappa shape index (κ1) is 21.8. The number of hydrogen-bond acceptors (Lipinski definition) is 2. The highest BCUT2D eigenvalue weighted by molar-refractivity contribution is 8.18. The highest BCUT2D eigenvalue weighted by Crippen LogP contribution is 2.51. The van der Waals surface area contributed by atoms with Crippen LogP contribution in [0.15, 0.2) is 131 Å². The molecule has 0 bridgehead atoms. The highest BCUT2D eigenvalue weighted by Gasteiger charge is 2.32. The van der Waals surface area contributed by atoms with E-state index in [4.69, 9.17) is 0 Å². The second kappa shape index (κ2) is 11.3. The third kappa shape index (κ3) is 6.78. The SMILES string of the molecule is c1ccc(CCC(CCc2ccccc2)(Sc2ccccc2)Sc2ccccc2)cc1. The predicted molar refractivity (Wildman–Crippen MR) is 137 cm³/mol. The molecule has 2 heteroatoms. The summed E-state index contributed by atoms with van der Waals surface area (Å²) >= 11 is 4.06. The zero-order valence-electron chi connectivity index (χ0n) is 17.7. The van der Waals surface area contributed by atoms with Gasteiger partial charge in [0.15, 0.2) is 0 Å². The summed E-state index contributed by atoms with van der Waals surface area (Å²) < 4.78 is 0.0500. The quantitative estimate of drug-likeness (QED) is 0.179. The van der Waals surface area contributed by atoms with E-state index in [1.54, 1.807) is 0 Å². The maximum Gasteiger partial charge on any atom is 0.0711 e. The van der Waals surface area contributed by atoms with Crippen LogP contribution in [0, 0.1) is 0 Å². The summed E-state index contributed by atoms with van der Waals surface area (Å²) in [7, 11) is 0. The van der Waals surface area contributed by atoms with Crippen molar-refractivity contribution >= 4 is 23.5 Å². The standard InChI is InChI=1S/C29H28S2/c1-5-13-25(14-6-1)21-23-29(30-27-17-9-3-10-18-27,31-28-19-11-4-12-20-28)24-22-26-15-7-2-8-16-26/h1-20H,21-24H2. The Labute approximate surface area is 195 Å². The van der Waals surface area contributed by atoms with Crippen LogP contribution in [-0.2, 0) is 12.8 Å². The van der Waals surface area contributed by atoms with Gasteiger partial charge in [0.25, 0.3) is 0 Å². The minimum atomic E-state index is 0.0500. The Kier molecular flexibility index (Phi) is 7.93. The zero-order valence-corrected chi connectivity index (χ0v) is 19.3. The molecule has 0 saturated heterocycles. The topological polar surface area (TPSA) is 0 Å². The van der Waals surface area contributed by atoms with Gasteiger partial charge in [0.1, 0.15) is 0 Å². The Morgan fingerprint density at radius 3 is 1.10 bits per heavy atom. The first-order chi connectivity index (χ1) is 15.3. The highest BCUT2D eigenvalue weighted by atomic mass is 32.2. The summed E-state index contributed by atoms with van der Waals surface area (Å²) in [6.45, 7) is 0. The van der Waals surface area contributed by atoms with Crippen molar-refractivity contribution in [1.29, 1.82) is 0 Å². The molecule has 0 radical (unpaired) electrons. The minimum Gasteiger partial charge on any atom is -0.108 e. The van der Waals surface area contributed by atoms with Gasteiger partial charge in [0, 0.05) is 9.79 Å². The molecule has 4 rings (SSSR count). The van der Waals surface area contributed by atoms with Crippen molar-refractivity contribution < 1.29 is 0 Å². The molecule has 0 N–H and O–H groups in total. The number of hydrogen-bond donors (Lipinski definition) is 0. The molecule has 0 heterocycles. The second-order valence-electron chi connectivity index (χ2n) is 7.71. The van der Waals surface area contributed by atoms with Crippen molar-refractivity contribution in [2.45, 2.75) is 39.6 Å². The molecule has 0 aromatic heterocycles. The van der Waals surface area contributed by atoms with Crippen molar-refractivity contribution in [3.63, 3.8) is 0 Å². The first-order valence-corrected chi connectivity index (χ1v) is 12.5. The van der Waals surface area contributed by atoms with Gasteiger partial charge in [-0.15, -0.1) is 23.5 Å². The second-order valence-corrected chi connectivity index (χ2v) is 10.9. The molecule has 0 fully saturated rings. The molecule has 0 saturated carbocycles. The lowest BCUT2D eigenvalue weighted by atomic mass is 10.0. The zero-order chi connectivity index (χ0) is 21.2. The predicted octanol–water partition coefficient (Wildman–Crippen LogP) is 8.53. The Morgan fingerprint density at radius 1 is 0.419 bits per heavy atom. The van der Waals surface area contributed by atoms with Gasteiger partial charge >= 0.3 is 0 Å². The van der Waals surface area contributed by atoms with Gasteiger partial charge in [-0.05, 0) is 61.1 Å². The molecule has 0 amide bonds. The fraction of sp³-hybridized carbons (Fsp3) is 0.172. The van der Waals surface area contributed by atoms with Gasteiger partial charge in [-0.1, -0.05) is 97.1 Å². The summed E-state index contributed by atoms with van der Waals surface area (Å²) in [4.78, 5) is 2.68. The molecular weight excluding hydrogens is 412 g/mol. The number of rotatable bonds is 10. The van der Waals surface area contributed by atoms with E-state index >= 15 is 0 Å². The van der Waals surface area contributed by atoms with Gasteiger partial charge in [-0.25, -0.2) is 0 Å². The summed E-state index contributed by atoms with van der Waals surface area (Å²) in [6.07, 6.45) is 4.39. The largest absolute Gasteiger partial charge is 0.108 e. The van der Waals surface area contributed by atoms with Crippen LogP contribution < -0.4 is 0 Å². The average molecular weight is 441 g/mol. The molecule has 156 valence electrons. The van der Waals surface area contributed by atoms with Gasteiger partial charge in [0.2, 0.25) is 0 Å². The van der Waals surface area contributed by atoms with E-state index in [1.165, 1.54) is 20.9 Å². The third-order valence-electron chi connectivity index (χ3n) is 5.37. The van der Waals surface area contributed by atoms with Crippen molar-refractivity contribution in [3.8, 4) is 0 Å². The number of benzene rings is 4. The van der Waals surface area contributed by atoms with E-state index in [0.29, 0.717) is 0 Å². The molecule has 31 heavy (non-hydrogen) atoms. The molecule has 0 aliphatic carbocycles. The van der Waals surface area contributed by atoms with Crippen molar-refractivity contribution in [1.82, 2.24) is 0 Å². The molecule has 0 aliphatic rings. The smallest absolute Gasteiger partial charge is 0.0711 e. The van der Waals surface area contributed by atoms with Crippen LogP contribution in [0.2, 0.25) is 0 Å². The van der Waals surface area contributed by atoms with E-state index in [-0.39, 0.29) is 4.08 Å². The Bertz CT molecular complexity index is 928. The molecule has 4 aromatic rings. The van der Waals surface area contributed by atoms with Crippen LogP contribution in [-0.4, -0.2) is 4.08 Å². The van der Waals surface area contributed by atoms with E-state index in [0.717, 1.165) is 25.7 Å². The van der Waals surface area contributed by atoms with Crippen LogP contribution >= 0.6 is 23.5 Å². The van der Waals surface area contributed by atoms with Crippen LogP contribution in [0.25, 0.3) is 0 Å². The Morgan fingerprint density at radius 2 is 0.742 bits per heavy atom. The van der Waals surface area contributed by atoms with E-state index in [9.17, 15) is 0 Å². The summed E-state index contributed by atoms with van der Waals surface area (Å²) in [5.74, 6) is 0. The maximum absolute atomic E-state index is 2.25. The first-order valence-electron chi connectivity index (χ1n) is 10.9. The lowest BCUT2D eigenvalue weighted by Crippen LogP contribution is -2.22. The number of aryl methyl sites for hydroxylation is 2. The lowest BCUT2D eigenvalue weighted by Gasteiger charge is -2.33. The van der Waals surface area contributed by atoms with E-state index < -0.39 is 0 Å². The molecule has 0 nitrogen and oxygen atoms in total. The summed E-state index contributed by atoms with van der Waals surface area (Å²) in [6, 6.07) is 43.6. The third-order valence-corrected chi connectivity index (χ3v) is 8.45. The lowest BCUT2D eigenvalue weighted by molar-refractivity contribution is 0.653. The molecule has 0 spiro atoms. The van der Waals surface area contributed by atoms with Crippen LogP contribution in [0.5, 0.6) is 0 Å². The van der Waals surface area contributed by atoms with Crippen molar-refractivity contribution in [2.75, 3.05) is 0 Å². The van der Waals surface area contributed by atoms with Crippen LogP contribution in [0.3, 0.4) is 0 Å². The summed E-state index contributed by atoms with van der Waals surface area (Å²) in [5.41, 5.74) is 2.82. The van der Waals surface area contributed by atoms with Gasteiger partial charge in [-0.2, -0.15) is 0 Å². The van der Waals surface area contributed by atoms with Gasteiger partial charge in [0.05, 0.1) is 4.08 Å². The average Bonchev–Trinajstić information content (AvgIpc) is 2.84. The molecule has 0 unspecified atom stereocenters. The maximum atomic E-state index is 2.25. The Balaban J connectivity index is 1.64. The fourth-order valence-corrected chi connectivity index (χ4v) is 6.72. The monoisotopic (exact) mass is 440 g/mol. The van der Waals surface area contributed by atoms with Crippen molar-refractivity contribution in [2.24, 2.45) is 0 Å². The van der Waals surface area contributed by atoms with Crippen molar-refractivity contribution in [3.05, 3.63) is 132 Å². The number of thioether (sulfide) groups is 2. The van der Waals surface area contributed by atoms with Crippen LogP contribution in [0.4, 0.5) is 0 Å². The van der Waals surface area contributed by atoms with Gasteiger partial charge in [-0.3, -0.25) is 0 Å². The molecular formula is C29H28S2. The van der Waals surface area contributed by atoms with E-state index in [2.05, 4.69) is 121 Å². The molecule has 4 aromatic carbocycles. The molecule has 0 atom stereocenters. The molecule has 0 aliphatic heterocycles. The van der Waals surface area contributed by atoms with Gasteiger partial charge < -0.3 is 0 Å². The summed E-state index contributed by atoms with van der Waals surface area (Å²) in [5, 5.41) is 0. The van der Waals surface area contributed by atoms with Crippen LogP contribution in [0.1, 0.15) is 24.0 Å².